The molecule has 2 amide bonds. The van der Waals surface area contributed by atoms with Crippen LogP contribution in [0.2, 0.25) is 0 Å². The second-order valence-electron chi connectivity index (χ2n) is 7.58. The number of anilines is 1. The third-order valence-electron chi connectivity index (χ3n) is 5.59. The van der Waals surface area contributed by atoms with E-state index in [1.54, 1.807) is 41.4 Å². The molecule has 5 rings (SSSR count). The lowest BCUT2D eigenvalue weighted by molar-refractivity contribution is -0.140. The highest BCUT2D eigenvalue weighted by Crippen LogP contribution is 2.32. The first-order chi connectivity index (χ1) is 15.1. The summed E-state index contributed by atoms with van der Waals surface area (Å²) in [6, 6.07) is 9.00. The van der Waals surface area contributed by atoms with Crippen LogP contribution in [0.25, 0.3) is 11.6 Å². The van der Waals surface area contributed by atoms with Crippen molar-refractivity contribution in [3.8, 4) is 17.4 Å². The highest BCUT2D eigenvalue weighted by atomic mass is 16.5. The van der Waals surface area contributed by atoms with Crippen molar-refractivity contribution in [2.75, 3.05) is 31.6 Å². The van der Waals surface area contributed by atoms with E-state index in [1.165, 1.54) is 0 Å². The minimum Gasteiger partial charge on any atom is -0.497 e. The summed E-state index contributed by atoms with van der Waals surface area (Å²) in [7, 11) is 1.58. The van der Waals surface area contributed by atoms with Gasteiger partial charge in [0.05, 0.1) is 18.9 Å². The second kappa shape index (κ2) is 7.78. The van der Waals surface area contributed by atoms with E-state index in [0.29, 0.717) is 42.9 Å². The summed E-state index contributed by atoms with van der Waals surface area (Å²) in [6.45, 7) is 1.34. The van der Waals surface area contributed by atoms with Gasteiger partial charge >= 0.3 is 0 Å². The zero-order valence-corrected chi connectivity index (χ0v) is 16.8. The lowest BCUT2D eigenvalue weighted by atomic mass is 9.96. The molecule has 4 heterocycles. The molecule has 1 unspecified atom stereocenters. The Kier molecular flexibility index (Phi) is 4.81. The van der Waals surface area contributed by atoms with Crippen LogP contribution in [0.5, 0.6) is 5.75 Å². The maximum atomic E-state index is 12.9. The Balaban J connectivity index is 1.20. The van der Waals surface area contributed by atoms with E-state index in [0.717, 1.165) is 5.69 Å². The average Bonchev–Trinajstić information content (AvgIpc) is 3.40. The minimum atomic E-state index is -0.365. The SMILES string of the molecule is COc1cccc(N2CC(C(=O)N3CC(c4nc(-c5ncccn5)no4)C3)CC2=O)c1. The van der Waals surface area contributed by atoms with Crippen LogP contribution in [0, 0.1) is 5.92 Å². The molecule has 2 saturated heterocycles. The fourth-order valence-corrected chi connectivity index (χ4v) is 3.88. The van der Waals surface area contributed by atoms with Crippen LogP contribution in [0.3, 0.4) is 0 Å². The van der Waals surface area contributed by atoms with Crippen LogP contribution < -0.4 is 9.64 Å². The zero-order valence-electron chi connectivity index (χ0n) is 16.8. The van der Waals surface area contributed by atoms with Crippen molar-refractivity contribution >= 4 is 17.5 Å². The summed E-state index contributed by atoms with van der Waals surface area (Å²) in [5, 5.41) is 3.93. The topological polar surface area (TPSA) is 115 Å². The number of nitrogens with zero attached hydrogens (tertiary/aromatic N) is 6. The Morgan fingerprint density at radius 1 is 1.13 bits per heavy atom. The van der Waals surface area contributed by atoms with E-state index in [9.17, 15) is 9.59 Å². The van der Waals surface area contributed by atoms with Crippen LogP contribution in [0.15, 0.2) is 47.2 Å². The van der Waals surface area contributed by atoms with Gasteiger partial charge in [0.2, 0.25) is 29.4 Å². The van der Waals surface area contributed by atoms with Crippen molar-refractivity contribution in [1.82, 2.24) is 25.0 Å². The van der Waals surface area contributed by atoms with Crippen molar-refractivity contribution in [1.29, 1.82) is 0 Å². The molecule has 0 radical (unpaired) electrons. The Hall–Kier alpha value is -3.82. The van der Waals surface area contributed by atoms with Crippen LogP contribution in [-0.2, 0) is 9.59 Å². The van der Waals surface area contributed by atoms with Gasteiger partial charge in [-0.25, -0.2) is 9.97 Å². The molecule has 0 bridgehead atoms. The molecule has 2 aliphatic heterocycles. The van der Waals surface area contributed by atoms with E-state index in [4.69, 9.17) is 9.26 Å². The number of rotatable bonds is 5. The number of methoxy groups -OCH3 is 1. The molecule has 158 valence electrons. The van der Waals surface area contributed by atoms with Gasteiger partial charge in [0.25, 0.3) is 0 Å². The Morgan fingerprint density at radius 2 is 1.94 bits per heavy atom. The molecule has 1 atom stereocenters. The number of carbonyl (C=O) groups excluding carboxylic acids is 2. The fraction of sp³-hybridized carbons (Fsp3) is 0.333. The quantitative estimate of drug-likeness (QED) is 0.610. The Bertz CT molecular complexity index is 1110. The van der Waals surface area contributed by atoms with Gasteiger partial charge < -0.3 is 19.1 Å². The first-order valence-corrected chi connectivity index (χ1v) is 9.96. The number of hydrogen-bond acceptors (Lipinski definition) is 8. The van der Waals surface area contributed by atoms with Gasteiger partial charge in [-0.1, -0.05) is 11.2 Å². The molecular weight excluding hydrogens is 400 g/mol. The van der Waals surface area contributed by atoms with Crippen molar-refractivity contribution in [2.24, 2.45) is 5.92 Å². The first kappa shape index (κ1) is 19.2. The average molecular weight is 420 g/mol. The third kappa shape index (κ3) is 3.60. The Labute approximate surface area is 177 Å². The minimum absolute atomic E-state index is 0.0267. The summed E-state index contributed by atoms with van der Waals surface area (Å²) in [4.78, 5) is 41.4. The third-order valence-corrected chi connectivity index (χ3v) is 5.59. The molecule has 0 N–H and O–H groups in total. The molecule has 0 spiro atoms. The largest absolute Gasteiger partial charge is 0.497 e. The highest BCUT2D eigenvalue weighted by Gasteiger charge is 2.42. The number of hydrogen-bond donors (Lipinski definition) is 0. The van der Waals surface area contributed by atoms with E-state index in [2.05, 4.69) is 20.1 Å². The Morgan fingerprint density at radius 3 is 2.71 bits per heavy atom. The fourth-order valence-electron chi connectivity index (χ4n) is 3.88. The van der Waals surface area contributed by atoms with Gasteiger partial charge in [-0.2, -0.15) is 4.98 Å². The first-order valence-electron chi connectivity index (χ1n) is 9.96. The number of aromatic nitrogens is 4. The normalized spacial score (nSPS) is 18.9. The van der Waals surface area contributed by atoms with Gasteiger partial charge in [-0.3, -0.25) is 9.59 Å². The molecule has 3 aromatic rings. The van der Waals surface area contributed by atoms with Crippen LogP contribution in [-0.4, -0.2) is 63.6 Å². The molecule has 1 aromatic carbocycles. The number of ether oxygens (including phenoxy) is 1. The second-order valence-corrected chi connectivity index (χ2v) is 7.58. The molecule has 31 heavy (non-hydrogen) atoms. The summed E-state index contributed by atoms with van der Waals surface area (Å²) in [5.41, 5.74) is 0.739. The van der Waals surface area contributed by atoms with Crippen molar-refractivity contribution in [3.63, 3.8) is 0 Å². The van der Waals surface area contributed by atoms with Crippen LogP contribution in [0.1, 0.15) is 18.2 Å². The maximum Gasteiger partial charge on any atom is 0.240 e. The molecule has 2 fully saturated rings. The summed E-state index contributed by atoms with van der Waals surface area (Å²) in [6.07, 6.45) is 3.42. The number of benzene rings is 1. The number of carbonyl (C=O) groups is 2. The van der Waals surface area contributed by atoms with Crippen LogP contribution >= 0.6 is 0 Å². The van der Waals surface area contributed by atoms with E-state index < -0.39 is 0 Å². The monoisotopic (exact) mass is 420 g/mol. The molecule has 2 aliphatic rings. The van der Waals surface area contributed by atoms with Crippen molar-refractivity contribution < 1.29 is 18.8 Å². The van der Waals surface area contributed by atoms with Crippen LogP contribution in [0.4, 0.5) is 5.69 Å². The van der Waals surface area contributed by atoms with E-state index in [-0.39, 0.29) is 30.1 Å². The van der Waals surface area contributed by atoms with Gasteiger partial charge in [0.1, 0.15) is 5.75 Å². The predicted molar refractivity (Wildman–Crippen MR) is 108 cm³/mol. The molecular formula is C21H20N6O4. The summed E-state index contributed by atoms with van der Waals surface area (Å²) < 4.78 is 10.6. The maximum absolute atomic E-state index is 12.9. The molecule has 0 aliphatic carbocycles. The van der Waals surface area contributed by atoms with Gasteiger partial charge in [-0.05, 0) is 18.2 Å². The van der Waals surface area contributed by atoms with Gasteiger partial charge in [0.15, 0.2) is 0 Å². The number of likely N-dealkylation sites (tertiary alicyclic amines) is 1. The smallest absolute Gasteiger partial charge is 0.240 e. The van der Waals surface area contributed by atoms with Gasteiger partial charge in [0, 0.05) is 50.2 Å². The number of amides is 2. The zero-order chi connectivity index (χ0) is 21.4. The standard InChI is InChI=1S/C21H20N6O4/c1-30-16-5-2-4-15(9-16)27-12-13(8-17(27)28)21(29)26-10-14(11-26)20-24-19(25-31-20)18-22-6-3-7-23-18/h2-7,9,13-14H,8,10-12H2,1H3. The highest BCUT2D eigenvalue weighted by molar-refractivity contribution is 6.00. The van der Waals surface area contributed by atoms with E-state index >= 15 is 0 Å². The van der Waals surface area contributed by atoms with Crippen molar-refractivity contribution in [3.05, 3.63) is 48.6 Å². The predicted octanol–water partition coefficient (Wildman–Crippen LogP) is 1.51. The van der Waals surface area contributed by atoms with Crippen molar-refractivity contribution in [2.45, 2.75) is 12.3 Å². The summed E-state index contributed by atoms with van der Waals surface area (Å²) >= 11 is 0. The molecule has 10 nitrogen and oxygen atoms in total. The van der Waals surface area contributed by atoms with E-state index in [1.807, 2.05) is 18.2 Å². The lowest BCUT2D eigenvalue weighted by Crippen LogP contribution is -2.51. The summed E-state index contributed by atoms with van der Waals surface area (Å²) in [5.74, 6) is 1.38. The van der Waals surface area contributed by atoms with Gasteiger partial charge in [-0.15, -0.1) is 0 Å². The lowest BCUT2D eigenvalue weighted by Gasteiger charge is -2.38. The molecule has 0 saturated carbocycles. The molecule has 2 aromatic heterocycles. The molecule has 10 heteroatoms.